The number of halogens is 1. The highest BCUT2D eigenvalue weighted by Crippen LogP contribution is 2.17. The number of nitrogens with zero attached hydrogens (tertiary/aromatic N) is 1. The van der Waals surface area contributed by atoms with Crippen LogP contribution in [0, 0.1) is 5.92 Å². The fraction of sp³-hybridized carbons (Fsp3) is 0.467. The number of benzene rings is 1. The summed E-state index contributed by atoms with van der Waals surface area (Å²) in [6.07, 6.45) is 1.84. The van der Waals surface area contributed by atoms with E-state index in [1.807, 2.05) is 24.3 Å². The van der Waals surface area contributed by atoms with E-state index in [0.29, 0.717) is 19.5 Å². The van der Waals surface area contributed by atoms with E-state index in [2.05, 4.69) is 5.32 Å². The Labute approximate surface area is 131 Å². The SMILES string of the molecule is CN1CCC(C(=O)NCCc2ccc(N)cc2)CC1=O.Cl. The summed E-state index contributed by atoms with van der Waals surface area (Å²) in [6, 6.07) is 7.63. The third-order valence-corrected chi connectivity index (χ3v) is 3.72. The first-order valence-corrected chi connectivity index (χ1v) is 6.92. The van der Waals surface area contributed by atoms with Crippen LogP contribution < -0.4 is 11.1 Å². The van der Waals surface area contributed by atoms with Gasteiger partial charge in [0.15, 0.2) is 0 Å². The Balaban J connectivity index is 0.00000220. The number of hydrogen-bond acceptors (Lipinski definition) is 3. The topological polar surface area (TPSA) is 75.4 Å². The molecule has 0 aromatic heterocycles. The number of anilines is 1. The summed E-state index contributed by atoms with van der Waals surface area (Å²) in [5.41, 5.74) is 7.50. The predicted octanol–water partition coefficient (Wildman–Crippen LogP) is 1.22. The lowest BCUT2D eigenvalue weighted by Gasteiger charge is -2.27. The molecular formula is C15H22ClN3O2. The molecule has 1 heterocycles. The van der Waals surface area contributed by atoms with Gasteiger partial charge in [-0.25, -0.2) is 0 Å². The van der Waals surface area contributed by atoms with Gasteiger partial charge in [0, 0.05) is 38.2 Å². The Kier molecular flexibility index (Phi) is 6.49. The lowest BCUT2D eigenvalue weighted by Crippen LogP contribution is -2.42. The second-order valence-corrected chi connectivity index (χ2v) is 5.29. The van der Waals surface area contributed by atoms with E-state index < -0.39 is 0 Å². The molecule has 0 saturated carbocycles. The highest BCUT2D eigenvalue weighted by atomic mass is 35.5. The second-order valence-electron chi connectivity index (χ2n) is 5.29. The lowest BCUT2D eigenvalue weighted by molar-refractivity contribution is -0.139. The summed E-state index contributed by atoms with van der Waals surface area (Å²) in [5.74, 6) is -0.137. The number of likely N-dealkylation sites (tertiary alicyclic amines) is 1. The van der Waals surface area contributed by atoms with Gasteiger partial charge < -0.3 is 16.0 Å². The molecule has 116 valence electrons. The number of nitrogens with one attached hydrogen (secondary N) is 1. The van der Waals surface area contributed by atoms with Crippen LogP contribution in [-0.4, -0.2) is 36.9 Å². The number of rotatable bonds is 4. The summed E-state index contributed by atoms with van der Waals surface area (Å²) in [6.45, 7) is 1.25. The molecule has 1 fully saturated rings. The van der Waals surface area contributed by atoms with Crippen LogP contribution in [-0.2, 0) is 16.0 Å². The zero-order valence-corrected chi connectivity index (χ0v) is 13.0. The highest BCUT2D eigenvalue weighted by Gasteiger charge is 2.28. The van der Waals surface area contributed by atoms with E-state index in [1.54, 1.807) is 11.9 Å². The van der Waals surface area contributed by atoms with E-state index in [-0.39, 0.29) is 30.1 Å². The molecule has 2 rings (SSSR count). The van der Waals surface area contributed by atoms with Crippen molar-refractivity contribution in [3.8, 4) is 0 Å². The minimum Gasteiger partial charge on any atom is -0.399 e. The van der Waals surface area contributed by atoms with Crippen molar-refractivity contribution >= 4 is 29.9 Å². The Bertz CT molecular complexity index is 490. The van der Waals surface area contributed by atoms with E-state index in [1.165, 1.54) is 0 Å². The van der Waals surface area contributed by atoms with Gasteiger partial charge in [-0.3, -0.25) is 9.59 Å². The van der Waals surface area contributed by atoms with Crippen LogP contribution in [0.5, 0.6) is 0 Å². The molecule has 5 nitrogen and oxygen atoms in total. The lowest BCUT2D eigenvalue weighted by atomic mass is 9.95. The standard InChI is InChI=1S/C15H21N3O2.ClH/c1-18-9-7-12(10-14(18)19)15(20)17-8-6-11-2-4-13(16)5-3-11;/h2-5,12H,6-10,16H2,1H3,(H,17,20);1H. The van der Waals surface area contributed by atoms with Crippen LogP contribution >= 0.6 is 12.4 Å². The largest absolute Gasteiger partial charge is 0.399 e. The van der Waals surface area contributed by atoms with Crippen LogP contribution in [0.15, 0.2) is 24.3 Å². The molecular weight excluding hydrogens is 290 g/mol. The quantitative estimate of drug-likeness (QED) is 0.821. The average molecular weight is 312 g/mol. The number of nitrogens with two attached hydrogens (primary N) is 1. The zero-order chi connectivity index (χ0) is 14.5. The molecule has 1 saturated heterocycles. The van der Waals surface area contributed by atoms with Crippen molar-refractivity contribution in [3.05, 3.63) is 29.8 Å². The molecule has 0 spiro atoms. The molecule has 6 heteroatoms. The van der Waals surface area contributed by atoms with Gasteiger partial charge >= 0.3 is 0 Å². The van der Waals surface area contributed by atoms with Crippen molar-refractivity contribution in [3.63, 3.8) is 0 Å². The number of piperidine rings is 1. The van der Waals surface area contributed by atoms with Crippen LogP contribution in [0.2, 0.25) is 0 Å². The molecule has 0 radical (unpaired) electrons. The summed E-state index contributed by atoms with van der Waals surface area (Å²) < 4.78 is 0. The maximum atomic E-state index is 12.0. The molecule has 1 aromatic rings. The molecule has 2 amide bonds. The third-order valence-electron chi connectivity index (χ3n) is 3.72. The normalized spacial score (nSPS) is 18.0. The van der Waals surface area contributed by atoms with Crippen molar-refractivity contribution in [2.45, 2.75) is 19.3 Å². The molecule has 1 atom stereocenters. The fourth-order valence-electron chi connectivity index (χ4n) is 2.33. The molecule has 0 bridgehead atoms. The van der Waals surface area contributed by atoms with Gasteiger partial charge in [-0.2, -0.15) is 0 Å². The van der Waals surface area contributed by atoms with Gasteiger partial charge in [0.2, 0.25) is 11.8 Å². The van der Waals surface area contributed by atoms with Gasteiger partial charge in [0.25, 0.3) is 0 Å². The first kappa shape index (κ1) is 17.3. The average Bonchev–Trinajstić information content (AvgIpc) is 2.44. The number of nitrogen functional groups attached to an aromatic ring is 1. The van der Waals surface area contributed by atoms with E-state index in [4.69, 9.17) is 5.73 Å². The molecule has 1 aliphatic rings. The summed E-state index contributed by atoms with van der Waals surface area (Å²) in [5, 5.41) is 2.91. The predicted molar refractivity (Wildman–Crippen MR) is 85.2 cm³/mol. The van der Waals surface area contributed by atoms with Crippen molar-refractivity contribution in [1.82, 2.24) is 10.2 Å². The first-order valence-electron chi connectivity index (χ1n) is 6.92. The number of carbonyl (C=O) groups excluding carboxylic acids is 2. The molecule has 1 aromatic carbocycles. The summed E-state index contributed by atoms with van der Waals surface area (Å²) >= 11 is 0. The minimum absolute atomic E-state index is 0. The Morgan fingerprint density at radius 3 is 2.67 bits per heavy atom. The van der Waals surface area contributed by atoms with E-state index in [0.717, 1.165) is 24.1 Å². The van der Waals surface area contributed by atoms with Gasteiger partial charge in [0.1, 0.15) is 0 Å². The second kappa shape index (κ2) is 7.88. The Morgan fingerprint density at radius 2 is 2.05 bits per heavy atom. The third kappa shape index (κ3) is 4.93. The van der Waals surface area contributed by atoms with Gasteiger partial charge in [-0.15, -0.1) is 12.4 Å². The highest BCUT2D eigenvalue weighted by molar-refractivity contribution is 5.86. The van der Waals surface area contributed by atoms with Gasteiger partial charge in [-0.1, -0.05) is 12.1 Å². The number of carbonyl (C=O) groups is 2. The van der Waals surface area contributed by atoms with Crippen LogP contribution in [0.25, 0.3) is 0 Å². The summed E-state index contributed by atoms with van der Waals surface area (Å²) in [7, 11) is 1.78. The van der Waals surface area contributed by atoms with Crippen molar-refractivity contribution in [1.29, 1.82) is 0 Å². The maximum absolute atomic E-state index is 12.0. The van der Waals surface area contributed by atoms with E-state index in [9.17, 15) is 9.59 Å². The molecule has 3 N–H and O–H groups in total. The maximum Gasteiger partial charge on any atom is 0.223 e. The summed E-state index contributed by atoms with van der Waals surface area (Å²) in [4.78, 5) is 25.2. The first-order chi connectivity index (χ1) is 9.56. The molecule has 1 unspecified atom stereocenters. The number of amides is 2. The zero-order valence-electron chi connectivity index (χ0n) is 12.2. The fourth-order valence-corrected chi connectivity index (χ4v) is 2.33. The van der Waals surface area contributed by atoms with Crippen molar-refractivity contribution in [2.24, 2.45) is 5.92 Å². The van der Waals surface area contributed by atoms with Crippen LogP contribution in [0.3, 0.4) is 0 Å². The Hall–Kier alpha value is -1.75. The molecule has 0 aliphatic carbocycles. The van der Waals surface area contributed by atoms with Crippen molar-refractivity contribution in [2.75, 3.05) is 25.9 Å². The van der Waals surface area contributed by atoms with Gasteiger partial charge in [0.05, 0.1) is 0 Å². The molecule has 21 heavy (non-hydrogen) atoms. The van der Waals surface area contributed by atoms with E-state index >= 15 is 0 Å². The van der Waals surface area contributed by atoms with Crippen LogP contribution in [0.4, 0.5) is 5.69 Å². The monoisotopic (exact) mass is 311 g/mol. The van der Waals surface area contributed by atoms with Crippen molar-refractivity contribution < 1.29 is 9.59 Å². The smallest absolute Gasteiger partial charge is 0.223 e. The minimum atomic E-state index is -0.176. The molecule has 1 aliphatic heterocycles. The number of hydrogen-bond donors (Lipinski definition) is 2. The van der Waals surface area contributed by atoms with Gasteiger partial charge in [-0.05, 0) is 30.5 Å². The van der Waals surface area contributed by atoms with Crippen LogP contribution in [0.1, 0.15) is 18.4 Å². The Morgan fingerprint density at radius 1 is 1.38 bits per heavy atom.